The summed E-state index contributed by atoms with van der Waals surface area (Å²) in [6.07, 6.45) is 8.44. The van der Waals surface area contributed by atoms with Gasteiger partial charge in [-0.1, -0.05) is 25.0 Å². The zero-order valence-corrected chi connectivity index (χ0v) is 13.4. The minimum atomic E-state index is -0.0695. The van der Waals surface area contributed by atoms with Gasteiger partial charge in [0.1, 0.15) is 12.2 Å². The first kappa shape index (κ1) is 13.8. The molecule has 0 saturated heterocycles. The van der Waals surface area contributed by atoms with Crippen LogP contribution in [0, 0.1) is 0 Å². The number of aromatic nitrogens is 1. The van der Waals surface area contributed by atoms with E-state index in [9.17, 15) is 0 Å². The number of nitrogens with zero attached hydrogens (tertiary/aromatic N) is 3. The van der Waals surface area contributed by atoms with Crippen LogP contribution in [0.3, 0.4) is 0 Å². The van der Waals surface area contributed by atoms with Crippen LogP contribution in [0.4, 0.5) is 0 Å². The number of fused-ring (bicyclic) bond motifs is 2. The Morgan fingerprint density at radius 2 is 2.04 bits per heavy atom. The third kappa shape index (κ3) is 1.99. The van der Waals surface area contributed by atoms with E-state index in [0.29, 0.717) is 11.9 Å². The second-order valence-corrected chi connectivity index (χ2v) is 6.68. The van der Waals surface area contributed by atoms with Crippen LogP contribution >= 0.6 is 0 Å². The molecule has 6 heteroatoms. The summed E-state index contributed by atoms with van der Waals surface area (Å²) >= 11 is 0. The van der Waals surface area contributed by atoms with E-state index in [0.717, 1.165) is 22.4 Å². The summed E-state index contributed by atoms with van der Waals surface area (Å²) in [5.74, 6) is 0.560. The molecule has 24 heavy (non-hydrogen) atoms. The maximum Gasteiger partial charge on any atom is 0.152 e. The number of nitrogens with one attached hydrogen (secondary N) is 2. The van der Waals surface area contributed by atoms with Gasteiger partial charge in [-0.3, -0.25) is 0 Å². The van der Waals surface area contributed by atoms with E-state index >= 15 is 0 Å². The van der Waals surface area contributed by atoms with Crippen molar-refractivity contribution in [2.45, 2.75) is 37.9 Å². The Morgan fingerprint density at radius 1 is 1.17 bits per heavy atom. The van der Waals surface area contributed by atoms with E-state index in [4.69, 9.17) is 5.73 Å². The summed E-state index contributed by atoms with van der Waals surface area (Å²) in [7, 11) is 0. The van der Waals surface area contributed by atoms with Crippen LogP contribution in [-0.4, -0.2) is 34.4 Å². The molecule has 1 fully saturated rings. The van der Waals surface area contributed by atoms with Crippen LogP contribution < -0.4 is 11.2 Å². The fourth-order valence-corrected chi connectivity index (χ4v) is 4.05. The lowest BCUT2D eigenvalue weighted by Gasteiger charge is -2.29. The highest BCUT2D eigenvalue weighted by atomic mass is 15.6. The van der Waals surface area contributed by atoms with Crippen LogP contribution in [0.15, 0.2) is 46.0 Å². The Kier molecular flexibility index (Phi) is 2.99. The van der Waals surface area contributed by atoms with E-state index in [2.05, 4.69) is 49.7 Å². The molecule has 1 aliphatic carbocycles. The highest BCUT2D eigenvalue weighted by Crippen LogP contribution is 2.36. The van der Waals surface area contributed by atoms with Gasteiger partial charge in [0.05, 0.1) is 11.3 Å². The van der Waals surface area contributed by atoms with Gasteiger partial charge in [0.25, 0.3) is 0 Å². The molecule has 1 aromatic carbocycles. The van der Waals surface area contributed by atoms with Crippen LogP contribution in [-0.2, 0) is 0 Å². The second kappa shape index (κ2) is 5.21. The molecule has 3 aliphatic rings. The van der Waals surface area contributed by atoms with E-state index < -0.39 is 0 Å². The fraction of sp³-hybridized carbons (Fsp3) is 0.333. The van der Waals surface area contributed by atoms with Crippen molar-refractivity contribution in [3.63, 3.8) is 0 Å². The molecule has 1 saturated carbocycles. The highest BCUT2D eigenvalue weighted by Gasteiger charge is 2.40. The third-order valence-corrected chi connectivity index (χ3v) is 5.27. The molecule has 1 atom stereocenters. The predicted molar refractivity (Wildman–Crippen MR) is 96.4 cm³/mol. The van der Waals surface area contributed by atoms with Crippen LogP contribution in [0.5, 0.6) is 0 Å². The molecule has 0 amide bonds. The van der Waals surface area contributed by atoms with Gasteiger partial charge in [-0.15, -0.1) is 0 Å². The van der Waals surface area contributed by atoms with E-state index in [1.807, 2.05) is 6.20 Å². The van der Waals surface area contributed by atoms with Crippen molar-refractivity contribution in [1.29, 1.82) is 0 Å². The van der Waals surface area contributed by atoms with Crippen molar-refractivity contribution in [2.75, 3.05) is 0 Å². The zero-order chi connectivity index (χ0) is 16.1. The lowest BCUT2D eigenvalue weighted by Crippen LogP contribution is -2.46. The molecule has 0 bridgehead atoms. The van der Waals surface area contributed by atoms with Crippen molar-refractivity contribution in [3.05, 3.63) is 41.6 Å². The molecule has 5 rings (SSSR count). The Labute approximate surface area is 140 Å². The van der Waals surface area contributed by atoms with Gasteiger partial charge in [0.2, 0.25) is 0 Å². The number of H-pyrrole nitrogens is 1. The maximum absolute atomic E-state index is 6.23. The summed E-state index contributed by atoms with van der Waals surface area (Å²) in [5, 5.41) is 3.48. The lowest BCUT2D eigenvalue weighted by molar-refractivity contribution is 0.139. The topological polar surface area (TPSA) is 81.8 Å². The molecular formula is C18H20N6. The number of rotatable bonds is 2. The maximum atomic E-state index is 6.23. The van der Waals surface area contributed by atoms with Crippen molar-refractivity contribution in [1.82, 2.24) is 15.4 Å². The monoisotopic (exact) mass is 320 g/mol. The summed E-state index contributed by atoms with van der Waals surface area (Å²) in [4.78, 5) is 12.1. The molecule has 2 aliphatic heterocycles. The molecule has 0 spiro atoms. The first-order valence-corrected chi connectivity index (χ1v) is 8.53. The SMILES string of the molecule is NC1=NC=NC2C1=C(c1ccc3cc[nH]c3c1)NN2C1CCCC1. The first-order valence-electron chi connectivity index (χ1n) is 8.53. The van der Waals surface area contributed by atoms with Gasteiger partial charge >= 0.3 is 0 Å². The van der Waals surface area contributed by atoms with Crippen molar-refractivity contribution in [3.8, 4) is 0 Å². The Balaban J connectivity index is 1.60. The lowest BCUT2D eigenvalue weighted by atomic mass is 10.0. The second-order valence-electron chi connectivity index (χ2n) is 6.68. The van der Waals surface area contributed by atoms with Gasteiger partial charge in [-0.25, -0.2) is 9.98 Å². The number of benzene rings is 1. The Morgan fingerprint density at radius 3 is 2.92 bits per heavy atom. The van der Waals surface area contributed by atoms with Crippen molar-refractivity contribution >= 4 is 28.8 Å². The molecule has 122 valence electrons. The first-order chi connectivity index (χ1) is 11.8. The number of hydrogen-bond donors (Lipinski definition) is 3. The minimum absolute atomic E-state index is 0.0695. The van der Waals surface area contributed by atoms with Gasteiger partial charge in [-0.05, 0) is 30.4 Å². The summed E-state index contributed by atoms with van der Waals surface area (Å²) in [6, 6.07) is 8.99. The van der Waals surface area contributed by atoms with Crippen LogP contribution in [0.25, 0.3) is 16.6 Å². The van der Waals surface area contributed by atoms with E-state index in [1.165, 1.54) is 31.1 Å². The molecular weight excluding hydrogens is 300 g/mol. The molecule has 3 heterocycles. The number of hydrogen-bond acceptors (Lipinski definition) is 5. The van der Waals surface area contributed by atoms with Crippen LogP contribution in [0.1, 0.15) is 31.2 Å². The zero-order valence-electron chi connectivity index (χ0n) is 13.4. The summed E-state index contributed by atoms with van der Waals surface area (Å²) in [6.45, 7) is 0. The van der Waals surface area contributed by atoms with Crippen LogP contribution in [0.2, 0.25) is 0 Å². The normalized spacial score (nSPS) is 24.5. The fourth-order valence-electron chi connectivity index (χ4n) is 4.05. The molecule has 4 N–H and O–H groups in total. The molecule has 1 unspecified atom stereocenters. The van der Waals surface area contributed by atoms with E-state index in [-0.39, 0.29) is 6.17 Å². The largest absolute Gasteiger partial charge is 0.383 e. The van der Waals surface area contributed by atoms with Gasteiger partial charge < -0.3 is 16.1 Å². The Hall–Kier alpha value is -2.60. The molecule has 0 radical (unpaired) electrons. The number of aliphatic imine (C=N–C) groups is 2. The Bertz CT molecular complexity index is 884. The molecule has 6 nitrogen and oxygen atoms in total. The number of aromatic amines is 1. The predicted octanol–water partition coefficient (Wildman–Crippen LogP) is 2.37. The highest BCUT2D eigenvalue weighted by molar-refractivity contribution is 6.09. The number of hydrazine groups is 1. The van der Waals surface area contributed by atoms with Crippen molar-refractivity contribution in [2.24, 2.45) is 15.7 Å². The van der Waals surface area contributed by atoms with E-state index in [1.54, 1.807) is 6.34 Å². The van der Waals surface area contributed by atoms with Crippen molar-refractivity contribution < 1.29 is 0 Å². The smallest absolute Gasteiger partial charge is 0.152 e. The molecule has 1 aromatic heterocycles. The van der Waals surface area contributed by atoms with Gasteiger partial charge in [0, 0.05) is 23.3 Å². The molecule has 2 aromatic rings. The standard InChI is InChI=1S/C18H20N6/c19-17-15-16(12-6-5-11-7-8-20-14(11)9-12)23-24(13-3-1-2-4-13)18(15)22-10-21-17/h5-10,13,18,20,23H,1-4H2,(H2,19,21,22). The minimum Gasteiger partial charge on any atom is -0.383 e. The third-order valence-electron chi connectivity index (χ3n) is 5.27. The average Bonchev–Trinajstić information content (AvgIpc) is 3.33. The number of nitrogens with two attached hydrogens (primary N) is 1. The number of amidine groups is 1. The van der Waals surface area contributed by atoms with Gasteiger partial charge in [0.15, 0.2) is 6.17 Å². The average molecular weight is 320 g/mol. The summed E-state index contributed by atoms with van der Waals surface area (Å²) in [5.41, 5.74) is 14.1. The van der Waals surface area contributed by atoms with Gasteiger partial charge in [-0.2, -0.15) is 5.01 Å². The quantitative estimate of drug-likeness (QED) is 0.794. The summed E-state index contributed by atoms with van der Waals surface area (Å²) < 4.78 is 0.